The molecule has 0 bridgehead atoms. The van der Waals surface area contributed by atoms with E-state index in [-0.39, 0.29) is 5.12 Å². The zero-order valence-electron chi connectivity index (χ0n) is 6.10. The Morgan fingerprint density at radius 3 is 3.09 bits per heavy atom. The van der Waals surface area contributed by atoms with Gasteiger partial charge >= 0.3 is 0 Å². The lowest BCUT2D eigenvalue weighted by Crippen LogP contribution is -2.02. The Hall–Kier alpha value is -0.910. The van der Waals surface area contributed by atoms with E-state index in [2.05, 4.69) is 15.5 Å². The molecule has 1 aromatic heterocycles. The largest absolute Gasteiger partial charge is 0.288 e. The van der Waals surface area contributed by atoms with Crippen LogP contribution in [0, 0.1) is 0 Å². The van der Waals surface area contributed by atoms with Crippen molar-refractivity contribution in [2.45, 2.75) is 13.5 Å². The number of aryl methyl sites for hydroxylation is 1. The van der Waals surface area contributed by atoms with E-state index in [4.69, 9.17) is 0 Å². The van der Waals surface area contributed by atoms with Gasteiger partial charge in [-0.2, -0.15) is 0 Å². The monoisotopic (exact) mass is 172 g/mol. The van der Waals surface area contributed by atoms with Gasteiger partial charge in [-0.1, -0.05) is 11.8 Å². The van der Waals surface area contributed by atoms with E-state index < -0.39 is 0 Å². The Bertz CT molecular complexity index is 222. The molecule has 0 saturated carbocycles. The summed E-state index contributed by atoms with van der Waals surface area (Å²) in [6.07, 6.45) is 1.53. The van der Waals surface area contributed by atoms with E-state index >= 15 is 0 Å². The zero-order valence-corrected chi connectivity index (χ0v) is 6.91. The third kappa shape index (κ3) is 3.13. The number of thioether (sulfide) groups is 1. The molecule has 0 radical (unpaired) electrons. The molecular weight excluding hydrogens is 164 g/mol. The van der Waals surface area contributed by atoms with Crippen LogP contribution in [-0.4, -0.2) is 31.1 Å². The summed E-state index contributed by atoms with van der Waals surface area (Å²) in [5, 5.41) is 10.7. The number of rotatable bonds is 3. The van der Waals surface area contributed by atoms with Crippen molar-refractivity contribution < 1.29 is 4.79 Å². The van der Waals surface area contributed by atoms with Crippen LogP contribution in [0.3, 0.4) is 0 Å². The minimum Gasteiger partial charge on any atom is -0.288 e. The highest BCUT2D eigenvalue weighted by Gasteiger charge is 1.95. The fourth-order valence-electron chi connectivity index (χ4n) is 0.566. The summed E-state index contributed by atoms with van der Waals surface area (Å²) in [6, 6.07) is 0. The second-order valence-electron chi connectivity index (χ2n) is 1.91. The molecule has 1 rings (SSSR count). The van der Waals surface area contributed by atoms with E-state index in [1.165, 1.54) is 18.1 Å². The fourth-order valence-corrected chi connectivity index (χ4v) is 1.13. The standard InChI is InChI=1S/C5H8N4OS/c1-5(10)11-3-2-9-4-6-7-8-9/h4H,2-3H2,1H3. The van der Waals surface area contributed by atoms with Crippen LogP contribution in [0.4, 0.5) is 0 Å². The molecule has 0 aliphatic heterocycles. The van der Waals surface area contributed by atoms with Gasteiger partial charge < -0.3 is 0 Å². The Labute approximate surface area is 68.2 Å². The van der Waals surface area contributed by atoms with Gasteiger partial charge in [0.05, 0.1) is 6.54 Å². The van der Waals surface area contributed by atoms with E-state index in [1.54, 1.807) is 11.6 Å². The van der Waals surface area contributed by atoms with E-state index in [9.17, 15) is 4.79 Å². The molecule has 0 aliphatic carbocycles. The Kier molecular flexibility index (Phi) is 3.03. The van der Waals surface area contributed by atoms with Crippen molar-refractivity contribution in [2.75, 3.05) is 5.75 Å². The van der Waals surface area contributed by atoms with Crippen LogP contribution in [0.5, 0.6) is 0 Å². The van der Waals surface area contributed by atoms with Crippen LogP contribution in [0.15, 0.2) is 6.33 Å². The Morgan fingerprint density at radius 2 is 2.55 bits per heavy atom. The molecule has 0 amide bonds. The van der Waals surface area contributed by atoms with Gasteiger partial charge in [0, 0.05) is 12.7 Å². The average Bonchev–Trinajstić information content (AvgIpc) is 2.39. The summed E-state index contributed by atoms with van der Waals surface area (Å²) in [6.45, 7) is 2.22. The van der Waals surface area contributed by atoms with E-state index in [0.717, 1.165) is 5.75 Å². The summed E-state index contributed by atoms with van der Waals surface area (Å²) in [4.78, 5) is 10.5. The topological polar surface area (TPSA) is 60.7 Å². The number of carbonyl (C=O) groups is 1. The number of tetrazole rings is 1. The van der Waals surface area contributed by atoms with Crippen molar-refractivity contribution in [2.24, 2.45) is 0 Å². The second kappa shape index (κ2) is 4.07. The van der Waals surface area contributed by atoms with Crippen LogP contribution >= 0.6 is 11.8 Å². The molecule has 0 unspecified atom stereocenters. The maximum absolute atomic E-state index is 10.5. The van der Waals surface area contributed by atoms with Crippen molar-refractivity contribution in [3.63, 3.8) is 0 Å². The van der Waals surface area contributed by atoms with Crippen molar-refractivity contribution >= 4 is 16.9 Å². The summed E-state index contributed by atoms with van der Waals surface area (Å²) in [5.74, 6) is 0.723. The minimum absolute atomic E-state index is 0.123. The third-order valence-corrected chi connectivity index (χ3v) is 1.81. The minimum atomic E-state index is 0.123. The molecule has 0 fully saturated rings. The molecule has 0 saturated heterocycles. The average molecular weight is 172 g/mol. The lowest BCUT2D eigenvalue weighted by Gasteiger charge is -1.94. The van der Waals surface area contributed by atoms with Gasteiger partial charge in [0.15, 0.2) is 5.12 Å². The van der Waals surface area contributed by atoms with Crippen LogP contribution in [0.25, 0.3) is 0 Å². The number of carbonyl (C=O) groups excluding carboxylic acids is 1. The lowest BCUT2D eigenvalue weighted by molar-refractivity contribution is -0.109. The van der Waals surface area contributed by atoms with Gasteiger partial charge in [-0.05, 0) is 10.4 Å². The fraction of sp³-hybridized carbons (Fsp3) is 0.600. The highest BCUT2D eigenvalue weighted by molar-refractivity contribution is 8.13. The van der Waals surface area contributed by atoms with E-state index in [0.29, 0.717) is 6.54 Å². The van der Waals surface area contributed by atoms with Crippen LogP contribution in [-0.2, 0) is 11.3 Å². The summed E-state index contributed by atoms with van der Waals surface area (Å²) in [7, 11) is 0. The Morgan fingerprint density at radius 1 is 1.73 bits per heavy atom. The predicted molar refractivity (Wildman–Crippen MR) is 41.0 cm³/mol. The maximum Gasteiger partial charge on any atom is 0.185 e. The summed E-state index contributed by atoms with van der Waals surface area (Å²) < 4.78 is 1.59. The SMILES string of the molecule is CC(=O)SCCn1cnnn1. The quantitative estimate of drug-likeness (QED) is 0.640. The molecule has 11 heavy (non-hydrogen) atoms. The highest BCUT2D eigenvalue weighted by atomic mass is 32.2. The second-order valence-corrected chi connectivity index (χ2v) is 3.18. The number of hydrogen-bond acceptors (Lipinski definition) is 5. The lowest BCUT2D eigenvalue weighted by atomic mass is 10.8. The molecule has 0 spiro atoms. The van der Waals surface area contributed by atoms with Gasteiger partial charge in [0.25, 0.3) is 0 Å². The van der Waals surface area contributed by atoms with Crippen molar-refractivity contribution in [3.8, 4) is 0 Å². The molecule has 0 aromatic carbocycles. The molecule has 60 valence electrons. The number of hydrogen-bond donors (Lipinski definition) is 0. The third-order valence-electron chi connectivity index (χ3n) is 1.02. The molecule has 0 aliphatic rings. The van der Waals surface area contributed by atoms with Crippen molar-refractivity contribution in [1.29, 1.82) is 0 Å². The summed E-state index contributed by atoms with van der Waals surface area (Å²) in [5.41, 5.74) is 0. The first kappa shape index (κ1) is 8.19. The molecule has 5 nitrogen and oxygen atoms in total. The normalized spacial score (nSPS) is 9.91. The number of nitrogens with zero attached hydrogens (tertiary/aromatic N) is 4. The maximum atomic E-state index is 10.5. The zero-order chi connectivity index (χ0) is 8.10. The molecular formula is C5H8N4OS. The molecule has 1 aromatic rings. The highest BCUT2D eigenvalue weighted by Crippen LogP contribution is 2.00. The first-order chi connectivity index (χ1) is 5.29. The molecule has 1 heterocycles. The van der Waals surface area contributed by atoms with Gasteiger partial charge in [-0.15, -0.1) is 5.10 Å². The molecule has 0 atom stereocenters. The number of aromatic nitrogens is 4. The first-order valence-electron chi connectivity index (χ1n) is 3.13. The first-order valence-corrected chi connectivity index (χ1v) is 4.12. The van der Waals surface area contributed by atoms with Gasteiger partial charge in [-0.25, -0.2) is 4.68 Å². The van der Waals surface area contributed by atoms with E-state index in [1.807, 2.05) is 0 Å². The van der Waals surface area contributed by atoms with Crippen LogP contribution in [0.1, 0.15) is 6.92 Å². The smallest absolute Gasteiger partial charge is 0.185 e. The van der Waals surface area contributed by atoms with Gasteiger partial charge in [0.1, 0.15) is 6.33 Å². The van der Waals surface area contributed by atoms with Crippen LogP contribution < -0.4 is 0 Å². The predicted octanol–water partition coefficient (Wildman–Crippen LogP) is -0.0472. The summed E-state index contributed by atoms with van der Waals surface area (Å²) >= 11 is 1.27. The van der Waals surface area contributed by atoms with Crippen molar-refractivity contribution in [3.05, 3.63) is 6.33 Å². The molecule has 0 N–H and O–H groups in total. The van der Waals surface area contributed by atoms with Crippen molar-refractivity contribution in [1.82, 2.24) is 20.2 Å². The Balaban J connectivity index is 2.19. The van der Waals surface area contributed by atoms with Gasteiger partial charge in [0.2, 0.25) is 0 Å². The van der Waals surface area contributed by atoms with Gasteiger partial charge in [-0.3, -0.25) is 4.79 Å². The van der Waals surface area contributed by atoms with Crippen LogP contribution in [0.2, 0.25) is 0 Å². The molecule has 6 heteroatoms.